The highest BCUT2D eigenvalue weighted by molar-refractivity contribution is 5.84. The van der Waals surface area contributed by atoms with Crippen molar-refractivity contribution in [1.29, 1.82) is 0 Å². The van der Waals surface area contributed by atoms with Crippen LogP contribution < -0.4 is 5.73 Å². The van der Waals surface area contributed by atoms with Gasteiger partial charge in [0.1, 0.15) is 6.04 Å². The highest BCUT2D eigenvalue weighted by atomic mass is 16.1. The summed E-state index contributed by atoms with van der Waals surface area (Å²) in [6.45, 7) is 5.99. The molecule has 3 nitrogen and oxygen atoms in total. The van der Waals surface area contributed by atoms with Crippen LogP contribution in [0.25, 0.3) is 0 Å². The molecular weight excluding hydrogens is 152 g/mol. The van der Waals surface area contributed by atoms with Crippen LogP contribution in [-0.2, 0) is 4.79 Å². The van der Waals surface area contributed by atoms with Crippen molar-refractivity contribution in [3.05, 3.63) is 0 Å². The van der Waals surface area contributed by atoms with Gasteiger partial charge in [-0.1, -0.05) is 20.8 Å². The quantitative estimate of drug-likeness (QED) is 0.500. The van der Waals surface area contributed by atoms with E-state index in [4.69, 9.17) is 5.73 Å². The van der Waals surface area contributed by atoms with E-state index >= 15 is 0 Å². The minimum atomic E-state index is -0.222. The maximum atomic E-state index is 11.3. The second-order valence-corrected chi connectivity index (χ2v) is 3.26. The largest absolute Gasteiger partial charge is 0.390 e. The number of hydrogen-bond acceptors (Lipinski definition) is 2. The third-order valence-corrected chi connectivity index (χ3v) is 1.68. The number of ketones is 1. The van der Waals surface area contributed by atoms with E-state index in [-0.39, 0.29) is 11.8 Å². The molecule has 1 atom stereocenters. The van der Waals surface area contributed by atoms with E-state index in [0.717, 1.165) is 6.42 Å². The number of nitrogens with two attached hydrogens (primary N) is 1. The van der Waals surface area contributed by atoms with Crippen LogP contribution in [0.2, 0.25) is 0 Å². The molecule has 3 heteroatoms. The molecule has 0 saturated carbocycles. The van der Waals surface area contributed by atoms with Gasteiger partial charge in [-0.2, -0.15) is 0 Å². The zero-order valence-electron chi connectivity index (χ0n) is 8.08. The number of rotatable bonds is 5. The third kappa shape index (κ3) is 4.11. The summed E-state index contributed by atoms with van der Waals surface area (Å²) in [7, 11) is 0. The first-order valence-electron chi connectivity index (χ1n) is 4.37. The monoisotopic (exact) mass is 170 g/mol. The van der Waals surface area contributed by atoms with Gasteiger partial charge < -0.3 is 5.73 Å². The molecule has 0 aromatic carbocycles. The SMILES string of the molecule is CCC(=O)[C@H](CC(C)C)N=CN. The fourth-order valence-electron chi connectivity index (χ4n) is 1.06. The van der Waals surface area contributed by atoms with Crippen LogP contribution in [0.15, 0.2) is 4.99 Å². The maximum absolute atomic E-state index is 11.3. The first kappa shape index (κ1) is 11.1. The van der Waals surface area contributed by atoms with Crippen LogP contribution in [0.5, 0.6) is 0 Å². The zero-order chi connectivity index (χ0) is 9.56. The van der Waals surface area contributed by atoms with Gasteiger partial charge in [0.25, 0.3) is 0 Å². The summed E-state index contributed by atoms with van der Waals surface area (Å²) in [5.74, 6) is 0.652. The molecule has 0 heterocycles. The molecule has 0 aromatic rings. The number of Topliss-reactive ketones (excluding diaryl/α,β-unsaturated/α-hetero) is 1. The number of carbonyl (C=O) groups is 1. The van der Waals surface area contributed by atoms with Crippen molar-refractivity contribution in [3.63, 3.8) is 0 Å². The first-order valence-corrected chi connectivity index (χ1v) is 4.37. The molecule has 0 aromatic heterocycles. The number of aliphatic imine (C=N–C) groups is 1. The Labute approximate surface area is 74.1 Å². The van der Waals surface area contributed by atoms with Crippen molar-refractivity contribution in [3.8, 4) is 0 Å². The normalized spacial score (nSPS) is 14.0. The smallest absolute Gasteiger partial charge is 0.157 e. The van der Waals surface area contributed by atoms with Crippen molar-refractivity contribution < 1.29 is 4.79 Å². The molecule has 0 radical (unpaired) electrons. The Hall–Kier alpha value is -0.860. The lowest BCUT2D eigenvalue weighted by Crippen LogP contribution is -2.20. The van der Waals surface area contributed by atoms with E-state index in [0.29, 0.717) is 12.3 Å². The number of nitrogens with zero attached hydrogens (tertiary/aromatic N) is 1. The van der Waals surface area contributed by atoms with E-state index in [1.807, 2.05) is 6.92 Å². The Morgan fingerprint density at radius 3 is 2.50 bits per heavy atom. The summed E-state index contributed by atoms with van der Waals surface area (Å²) < 4.78 is 0. The molecule has 0 bridgehead atoms. The Morgan fingerprint density at radius 2 is 2.17 bits per heavy atom. The van der Waals surface area contributed by atoms with Gasteiger partial charge in [-0.15, -0.1) is 0 Å². The molecule has 12 heavy (non-hydrogen) atoms. The average molecular weight is 170 g/mol. The van der Waals surface area contributed by atoms with Crippen molar-refractivity contribution in [1.82, 2.24) is 0 Å². The Kier molecular flexibility index (Phi) is 5.34. The molecule has 0 rings (SSSR count). The summed E-state index contributed by atoms with van der Waals surface area (Å²) in [5, 5.41) is 0. The summed E-state index contributed by atoms with van der Waals surface area (Å²) in [6, 6.07) is -0.222. The number of carbonyl (C=O) groups excluding carboxylic acids is 1. The van der Waals surface area contributed by atoms with Crippen molar-refractivity contribution in [2.75, 3.05) is 0 Å². The van der Waals surface area contributed by atoms with Gasteiger partial charge in [0.15, 0.2) is 5.78 Å². The molecule has 0 spiro atoms. The molecule has 2 N–H and O–H groups in total. The maximum Gasteiger partial charge on any atom is 0.157 e. The van der Waals surface area contributed by atoms with Crippen molar-refractivity contribution in [2.45, 2.75) is 39.7 Å². The fourth-order valence-corrected chi connectivity index (χ4v) is 1.06. The standard InChI is InChI=1S/C9H18N2O/c1-4-9(12)8(11-6-10)5-7(2)3/h6-8H,4-5H2,1-3H3,(H2,10,11)/t8-/m0/s1. The van der Waals surface area contributed by atoms with Gasteiger partial charge in [0.2, 0.25) is 0 Å². The Balaban J connectivity index is 4.13. The van der Waals surface area contributed by atoms with Gasteiger partial charge in [-0.25, -0.2) is 0 Å². The van der Waals surface area contributed by atoms with Crippen molar-refractivity contribution in [2.24, 2.45) is 16.6 Å². The molecule has 70 valence electrons. The Morgan fingerprint density at radius 1 is 1.58 bits per heavy atom. The van der Waals surface area contributed by atoms with E-state index in [1.54, 1.807) is 0 Å². The molecule has 0 aliphatic carbocycles. The summed E-state index contributed by atoms with van der Waals surface area (Å²) in [4.78, 5) is 15.2. The second-order valence-electron chi connectivity index (χ2n) is 3.26. The van der Waals surface area contributed by atoms with Gasteiger partial charge in [-0.3, -0.25) is 9.79 Å². The predicted octanol–water partition coefficient (Wildman–Crippen LogP) is 1.37. The molecule has 0 unspecified atom stereocenters. The van der Waals surface area contributed by atoms with E-state index < -0.39 is 0 Å². The fraction of sp³-hybridized carbons (Fsp3) is 0.778. The highest BCUT2D eigenvalue weighted by Crippen LogP contribution is 2.09. The van der Waals surface area contributed by atoms with Gasteiger partial charge in [0, 0.05) is 6.42 Å². The van der Waals surface area contributed by atoms with Crippen LogP contribution in [-0.4, -0.2) is 18.2 Å². The minimum Gasteiger partial charge on any atom is -0.390 e. The van der Waals surface area contributed by atoms with Gasteiger partial charge >= 0.3 is 0 Å². The summed E-state index contributed by atoms with van der Waals surface area (Å²) in [5.41, 5.74) is 5.15. The van der Waals surface area contributed by atoms with E-state index in [1.165, 1.54) is 6.34 Å². The molecule has 0 saturated heterocycles. The zero-order valence-corrected chi connectivity index (χ0v) is 8.08. The minimum absolute atomic E-state index is 0.172. The molecule has 0 amide bonds. The van der Waals surface area contributed by atoms with Crippen LogP contribution in [0.3, 0.4) is 0 Å². The van der Waals surface area contributed by atoms with Crippen LogP contribution in [0.4, 0.5) is 0 Å². The third-order valence-electron chi connectivity index (χ3n) is 1.68. The predicted molar refractivity (Wildman–Crippen MR) is 51.2 cm³/mol. The molecule has 0 aliphatic heterocycles. The first-order chi connectivity index (χ1) is 5.61. The van der Waals surface area contributed by atoms with Crippen molar-refractivity contribution >= 4 is 12.1 Å². The Bertz CT molecular complexity index is 164. The average Bonchev–Trinajstić information content (AvgIpc) is 2.01. The lowest BCUT2D eigenvalue weighted by molar-refractivity contribution is -0.120. The lowest BCUT2D eigenvalue weighted by atomic mass is 10.00. The van der Waals surface area contributed by atoms with Crippen LogP contribution in [0, 0.1) is 5.92 Å². The molecular formula is C9H18N2O. The van der Waals surface area contributed by atoms with E-state index in [2.05, 4.69) is 18.8 Å². The van der Waals surface area contributed by atoms with Gasteiger partial charge in [-0.05, 0) is 12.3 Å². The second kappa shape index (κ2) is 5.75. The van der Waals surface area contributed by atoms with Crippen LogP contribution in [0.1, 0.15) is 33.6 Å². The summed E-state index contributed by atoms with van der Waals surface area (Å²) >= 11 is 0. The van der Waals surface area contributed by atoms with E-state index in [9.17, 15) is 4.79 Å². The van der Waals surface area contributed by atoms with Crippen LogP contribution >= 0.6 is 0 Å². The molecule has 0 aliphatic rings. The van der Waals surface area contributed by atoms with Gasteiger partial charge in [0.05, 0.1) is 6.34 Å². The number of hydrogen-bond donors (Lipinski definition) is 1. The summed E-state index contributed by atoms with van der Waals surface area (Å²) in [6.07, 6.45) is 2.55. The topological polar surface area (TPSA) is 55.5 Å². The lowest BCUT2D eigenvalue weighted by Gasteiger charge is -2.11. The molecule has 0 fully saturated rings. The highest BCUT2D eigenvalue weighted by Gasteiger charge is 2.15.